The summed E-state index contributed by atoms with van der Waals surface area (Å²) in [7, 11) is -10.3. The first-order valence-corrected chi connectivity index (χ1v) is 6.18. The highest BCUT2D eigenvalue weighted by atomic mass is 31.3. The molecule has 0 aromatic rings. The van der Waals surface area contributed by atoms with E-state index >= 15 is 0 Å². The summed E-state index contributed by atoms with van der Waals surface area (Å²) in [5.41, 5.74) is -0.622. The van der Waals surface area contributed by atoms with E-state index in [0.29, 0.717) is 0 Å². The molecule has 7 nitrogen and oxygen atoms in total. The maximum absolute atomic E-state index is 11.0. The van der Waals surface area contributed by atoms with Crippen LogP contribution in [0.25, 0.3) is 0 Å². The average molecular weight is 251 g/mol. The van der Waals surface area contributed by atoms with Crippen LogP contribution in [0.15, 0.2) is 12.1 Å². The molecule has 0 amide bonds. The van der Waals surface area contributed by atoms with E-state index in [2.05, 4.69) is 8.83 Å². The lowest BCUT2D eigenvalue weighted by atomic mass is 10.3. The zero-order valence-electron chi connectivity index (χ0n) is 11.8. The van der Waals surface area contributed by atoms with Gasteiger partial charge in [0.25, 0.3) is 0 Å². The van der Waals surface area contributed by atoms with Crippen molar-refractivity contribution >= 4 is 15.6 Å². The molecule has 14 heavy (non-hydrogen) atoms. The molecule has 0 radical (unpaired) electrons. The van der Waals surface area contributed by atoms with Crippen molar-refractivity contribution in [3.63, 3.8) is 0 Å². The maximum Gasteiger partial charge on any atom is 0.481 e. The molecule has 1 atom stereocenters. The first kappa shape index (κ1) is 7.30. The molecule has 0 fully saturated rings. The van der Waals surface area contributed by atoms with Crippen LogP contribution in [0.1, 0.15) is 20.1 Å². The van der Waals surface area contributed by atoms with Gasteiger partial charge in [-0.1, -0.05) is 5.57 Å². The first-order chi connectivity index (χ1) is 8.25. The third kappa shape index (κ3) is 8.59. The fraction of sp³-hybridized carbons (Fsp3) is 0.600. The van der Waals surface area contributed by atoms with Crippen molar-refractivity contribution in [3.05, 3.63) is 12.1 Å². The fourth-order valence-corrected chi connectivity index (χ4v) is 2.01. The van der Waals surface area contributed by atoms with Crippen LogP contribution in [0, 0.1) is 0 Å². The quantitative estimate of drug-likeness (QED) is 0.479. The van der Waals surface area contributed by atoms with Gasteiger partial charge in [-0.05, 0) is 13.3 Å². The zero-order chi connectivity index (χ0) is 15.5. The predicted molar refractivity (Wildman–Crippen MR) is 48.3 cm³/mol. The second kappa shape index (κ2) is 5.19. The summed E-state index contributed by atoms with van der Waals surface area (Å²) in [5, 5.41) is 0. The number of phosphoric acid groups is 2. The van der Waals surface area contributed by atoms with Crippen molar-refractivity contribution in [3.8, 4) is 0 Å². The molecular formula is C5H12O7P2. The zero-order valence-corrected chi connectivity index (χ0v) is 8.57. The van der Waals surface area contributed by atoms with E-state index in [1.54, 1.807) is 0 Å². The molecule has 0 saturated heterocycles. The van der Waals surface area contributed by atoms with E-state index in [1.807, 2.05) is 0 Å². The molecule has 0 aliphatic carbocycles. The van der Waals surface area contributed by atoms with Gasteiger partial charge >= 0.3 is 15.6 Å². The van der Waals surface area contributed by atoms with E-state index in [-0.39, 0.29) is 0 Å². The molecular weight excluding hydrogens is 234 g/mol. The smallest absolute Gasteiger partial charge is 0.302 e. The Balaban J connectivity index is 4.57. The van der Waals surface area contributed by atoms with Crippen LogP contribution in [0.5, 0.6) is 0 Å². The van der Waals surface area contributed by atoms with Crippen LogP contribution in [-0.4, -0.2) is 21.3 Å². The Morgan fingerprint density at radius 3 is 2.64 bits per heavy atom. The molecule has 3 N–H and O–H groups in total. The highest BCUT2D eigenvalue weighted by Crippen LogP contribution is 2.57. The van der Waals surface area contributed by atoms with Gasteiger partial charge in [-0.25, -0.2) is 9.13 Å². The van der Waals surface area contributed by atoms with E-state index in [0.717, 1.165) is 0 Å². The minimum Gasteiger partial charge on any atom is -0.302 e. The van der Waals surface area contributed by atoms with Gasteiger partial charge in [0.1, 0.15) is 0 Å². The molecule has 0 aromatic carbocycles. The molecule has 9 heteroatoms. The Bertz CT molecular complexity index is 436. The van der Waals surface area contributed by atoms with Gasteiger partial charge in [-0.2, -0.15) is 4.31 Å². The summed E-state index contributed by atoms with van der Waals surface area (Å²) < 4.78 is 63.7. The van der Waals surface area contributed by atoms with Gasteiger partial charge in [0.2, 0.25) is 0 Å². The Morgan fingerprint density at radius 2 is 2.21 bits per heavy atom. The van der Waals surface area contributed by atoms with Crippen LogP contribution in [0.3, 0.4) is 0 Å². The molecule has 0 aliphatic rings. The van der Waals surface area contributed by atoms with Crippen molar-refractivity contribution in [2.45, 2.75) is 13.3 Å². The van der Waals surface area contributed by atoms with E-state index in [1.165, 1.54) is 0 Å². The van der Waals surface area contributed by atoms with Crippen molar-refractivity contribution in [2.24, 2.45) is 0 Å². The number of hydrogen-bond acceptors (Lipinski definition) is 4. The maximum atomic E-state index is 11.0. The minimum absolute atomic E-state index is 0.562. The third-order valence-electron chi connectivity index (χ3n) is 0.816. The second-order valence-corrected chi connectivity index (χ2v) is 4.93. The molecule has 0 aromatic heterocycles. The van der Waals surface area contributed by atoms with Crippen molar-refractivity contribution in [1.82, 2.24) is 0 Å². The Kier molecular flexibility index (Phi) is 2.70. The summed E-state index contributed by atoms with van der Waals surface area (Å²) in [6.45, 7) is -4.50. The Morgan fingerprint density at radius 1 is 1.57 bits per heavy atom. The van der Waals surface area contributed by atoms with Gasteiger partial charge < -0.3 is 14.7 Å². The van der Waals surface area contributed by atoms with E-state index < -0.39 is 47.6 Å². The Labute approximate surface area is 88.2 Å². The number of rotatable bonds is 6. The first-order valence-electron chi connectivity index (χ1n) is 5.66. The van der Waals surface area contributed by atoms with Gasteiger partial charge in [-0.15, -0.1) is 6.53 Å². The van der Waals surface area contributed by atoms with Gasteiger partial charge in [0.05, 0.1) is 9.35 Å². The lowest BCUT2D eigenvalue weighted by molar-refractivity contribution is 0.180. The lowest BCUT2D eigenvalue weighted by Gasteiger charge is -2.11. The number of phosphoric ester groups is 1. The normalized spacial score (nSPS) is 22.1. The average Bonchev–Trinajstić information content (AvgIpc) is 2.04. The summed E-state index contributed by atoms with van der Waals surface area (Å²) in [6.07, 6.45) is -0.562. The summed E-state index contributed by atoms with van der Waals surface area (Å²) in [4.78, 5) is 25.5. The summed E-state index contributed by atoms with van der Waals surface area (Å²) in [5.74, 6) is 0. The van der Waals surface area contributed by atoms with Gasteiger partial charge in [0, 0.05) is 4.11 Å². The molecule has 0 bridgehead atoms. The molecule has 84 valence electrons. The van der Waals surface area contributed by atoms with Crippen LogP contribution in [-0.2, 0) is 18.0 Å². The summed E-state index contributed by atoms with van der Waals surface area (Å²) >= 11 is 0. The van der Waals surface area contributed by atoms with Crippen molar-refractivity contribution in [1.29, 1.82) is 0 Å². The standard InChI is InChI=1S/C5H12O7P2/c1-5(2)3-4-11-14(9,10)12-13(6,7)8/h1,3-4H2,2H3,(H,9,10)(H2,6,7,8)/i1D2,2D3. The molecule has 0 saturated carbocycles. The van der Waals surface area contributed by atoms with Crippen molar-refractivity contribution < 1.29 is 39.5 Å². The second-order valence-electron chi connectivity index (χ2n) is 2.10. The molecule has 0 heterocycles. The molecule has 0 rings (SSSR count). The van der Waals surface area contributed by atoms with Crippen LogP contribution in [0.4, 0.5) is 0 Å². The fourth-order valence-electron chi connectivity index (χ4n) is 0.421. The molecule has 0 spiro atoms. The van der Waals surface area contributed by atoms with Gasteiger partial charge in [-0.3, -0.25) is 4.52 Å². The SMILES string of the molecule is [2H]C([2H])=C(CCOP(=O)(O)OP(=O)(O)O)C([2H])([2H])[2H]. The monoisotopic (exact) mass is 251 g/mol. The van der Waals surface area contributed by atoms with Crippen LogP contribution < -0.4 is 0 Å². The highest BCUT2D eigenvalue weighted by Gasteiger charge is 2.31. The van der Waals surface area contributed by atoms with E-state index in [9.17, 15) is 9.13 Å². The van der Waals surface area contributed by atoms with Crippen LogP contribution >= 0.6 is 15.6 Å². The third-order valence-corrected chi connectivity index (χ3v) is 3.00. The number of hydrogen-bond donors (Lipinski definition) is 3. The largest absolute Gasteiger partial charge is 0.481 e. The minimum atomic E-state index is -5.24. The highest BCUT2D eigenvalue weighted by molar-refractivity contribution is 7.60. The topological polar surface area (TPSA) is 113 Å². The Hall–Kier alpha value is -0.0000000000000000416. The van der Waals surface area contributed by atoms with Gasteiger partial charge in [0.15, 0.2) is 0 Å². The predicted octanol–water partition coefficient (Wildman–Crippen LogP) is 1.18. The summed E-state index contributed by atoms with van der Waals surface area (Å²) in [6, 6.07) is 0. The molecule has 0 aliphatic heterocycles. The lowest BCUT2D eigenvalue weighted by Crippen LogP contribution is -1.96. The van der Waals surface area contributed by atoms with Crippen LogP contribution in [0.2, 0.25) is 0 Å². The molecule has 1 unspecified atom stereocenters. The van der Waals surface area contributed by atoms with E-state index in [4.69, 9.17) is 21.5 Å². The van der Waals surface area contributed by atoms with Crippen molar-refractivity contribution in [2.75, 3.05) is 6.61 Å².